The van der Waals surface area contributed by atoms with Crippen molar-refractivity contribution in [1.82, 2.24) is 14.9 Å². The maximum absolute atomic E-state index is 12.8. The van der Waals surface area contributed by atoms with E-state index in [0.717, 1.165) is 41.2 Å². The second kappa shape index (κ2) is 10.7. The number of imidazole rings is 1. The lowest BCUT2D eigenvalue weighted by Crippen LogP contribution is -2.33. The predicted octanol–water partition coefficient (Wildman–Crippen LogP) is 5.26. The van der Waals surface area contributed by atoms with Gasteiger partial charge >= 0.3 is 0 Å². The van der Waals surface area contributed by atoms with E-state index in [2.05, 4.69) is 17.2 Å². The average Bonchev–Trinajstić information content (AvgIpc) is 3.29. The van der Waals surface area contributed by atoms with E-state index in [0.29, 0.717) is 5.69 Å². The van der Waals surface area contributed by atoms with E-state index in [-0.39, 0.29) is 11.9 Å². The summed E-state index contributed by atoms with van der Waals surface area (Å²) < 4.78 is 12.8. The van der Waals surface area contributed by atoms with Crippen LogP contribution < -0.4 is 14.8 Å². The quantitative estimate of drug-likeness (QED) is 0.454. The summed E-state index contributed by atoms with van der Waals surface area (Å²) in [6.07, 6.45) is 7.71. The molecule has 1 aromatic heterocycles. The summed E-state index contributed by atoms with van der Waals surface area (Å²) in [6.45, 7) is 4.22. The van der Waals surface area contributed by atoms with E-state index in [1.165, 1.54) is 12.8 Å². The second-order valence-corrected chi connectivity index (χ2v) is 7.60. The van der Waals surface area contributed by atoms with E-state index in [4.69, 9.17) is 9.47 Å². The molecule has 6 nitrogen and oxygen atoms in total. The third kappa shape index (κ3) is 5.26. The van der Waals surface area contributed by atoms with Crippen LogP contribution in [0.15, 0.2) is 55.0 Å². The van der Waals surface area contributed by atoms with Gasteiger partial charge in [0, 0.05) is 11.7 Å². The molecule has 3 rings (SSSR count). The monoisotopic (exact) mass is 421 g/mol. The van der Waals surface area contributed by atoms with Crippen LogP contribution in [0.5, 0.6) is 11.5 Å². The SMILES string of the molecule is CCCCC[C@H](C)NC(=O)c1cncn1-c1ccc(-c2c(OC)cccc2OC)cc1. The minimum absolute atomic E-state index is 0.114. The topological polar surface area (TPSA) is 65.4 Å². The molecular formula is C25H31N3O3. The van der Waals surface area contributed by atoms with Gasteiger partial charge in [-0.3, -0.25) is 9.36 Å². The fourth-order valence-electron chi connectivity index (χ4n) is 3.66. The number of hydrogen-bond donors (Lipinski definition) is 1. The molecule has 0 aliphatic carbocycles. The smallest absolute Gasteiger partial charge is 0.270 e. The Morgan fingerprint density at radius 1 is 1.06 bits per heavy atom. The summed E-state index contributed by atoms with van der Waals surface area (Å²) in [7, 11) is 3.29. The third-order valence-electron chi connectivity index (χ3n) is 5.35. The van der Waals surface area contributed by atoms with Gasteiger partial charge in [0.1, 0.15) is 17.2 Å². The number of carbonyl (C=O) groups excluding carboxylic acids is 1. The Balaban J connectivity index is 1.81. The Labute approximate surface area is 184 Å². The summed E-state index contributed by atoms with van der Waals surface area (Å²) in [5, 5.41) is 3.09. The molecule has 0 saturated heterocycles. The van der Waals surface area contributed by atoms with Crippen molar-refractivity contribution in [2.45, 2.75) is 45.6 Å². The number of benzene rings is 2. The highest BCUT2D eigenvalue weighted by Gasteiger charge is 2.16. The molecule has 1 atom stereocenters. The van der Waals surface area contributed by atoms with E-state index in [1.54, 1.807) is 31.3 Å². The van der Waals surface area contributed by atoms with Gasteiger partial charge in [0.15, 0.2) is 0 Å². The Morgan fingerprint density at radius 2 is 1.74 bits per heavy atom. The first-order valence-electron chi connectivity index (χ1n) is 10.7. The van der Waals surface area contributed by atoms with Crippen LogP contribution in [0.1, 0.15) is 50.0 Å². The standard InChI is InChI=1S/C25H31N3O3/c1-5-6-7-9-18(2)27-25(29)21-16-26-17-28(21)20-14-12-19(13-15-20)24-22(30-3)10-8-11-23(24)31-4/h8,10-18H,5-7,9H2,1-4H3,(H,27,29)/t18-/m0/s1. The van der Waals surface area contributed by atoms with Gasteiger partial charge < -0.3 is 14.8 Å². The van der Waals surface area contributed by atoms with Crippen LogP contribution in [0.25, 0.3) is 16.8 Å². The first kappa shape index (κ1) is 22.4. The number of nitrogens with one attached hydrogen (secondary N) is 1. The van der Waals surface area contributed by atoms with E-state index >= 15 is 0 Å². The normalized spacial score (nSPS) is 11.7. The van der Waals surface area contributed by atoms with E-state index in [1.807, 2.05) is 49.4 Å². The lowest BCUT2D eigenvalue weighted by Gasteiger charge is -2.15. The molecule has 0 fully saturated rings. The number of methoxy groups -OCH3 is 2. The maximum Gasteiger partial charge on any atom is 0.270 e. The number of carbonyl (C=O) groups is 1. The Morgan fingerprint density at radius 3 is 2.35 bits per heavy atom. The van der Waals surface area contributed by atoms with Crippen molar-refractivity contribution in [3.8, 4) is 28.3 Å². The molecule has 6 heteroatoms. The Bertz CT molecular complexity index is 973. The number of unbranched alkanes of at least 4 members (excludes halogenated alkanes) is 2. The van der Waals surface area contributed by atoms with Crippen molar-refractivity contribution in [3.63, 3.8) is 0 Å². The van der Waals surface area contributed by atoms with Gasteiger partial charge in [-0.25, -0.2) is 4.98 Å². The molecule has 0 spiro atoms. The first-order valence-corrected chi connectivity index (χ1v) is 10.7. The fourth-order valence-corrected chi connectivity index (χ4v) is 3.66. The summed E-state index contributed by atoms with van der Waals surface area (Å²) in [4.78, 5) is 17.0. The molecule has 31 heavy (non-hydrogen) atoms. The zero-order valence-electron chi connectivity index (χ0n) is 18.7. The van der Waals surface area contributed by atoms with Crippen molar-refractivity contribution in [2.24, 2.45) is 0 Å². The number of rotatable bonds is 10. The van der Waals surface area contributed by atoms with Gasteiger partial charge in [0.05, 0.1) is 32.3 Å². The molecule has 3 aromatic rings. The zero-order valence-corrected chi connectivity index (χ0v) is 18.7. The summed E-state index contributed by atoms with van der Waals surface area (Å²) in [6, 6.07) is 13.7. The number of hydrogen-bond acceptors (Lipinski definition) is 4. The number of nitrogens with zero attached hydrogens (tertiary/aromatic N) is 2. The van der Waals surface area contributed by atoms with Crippen LogP contribution in [-0.2, 0) is 0 Å². The van der Waals surface area contributed by atoms with Crippen molar-refractivity contribution in [3.05, 3.63) is 60.7 Å². The molecule has 0 radical (unpaired) electrons. The molecule has 0 saturated carbocycles. The van der Waals surface area contributed by atoms with Gasteiger partial charge in [-0.2, -0.15) is 0 Å². The molecule has 0 aliphatic heterocycles. The van der Waals surface area contributed by atoms with Crippen LogP contribution >= 0.6 is 0 Å². The highest BCUT2D eigenvalue weighted by atomic mass is 16.5. The molecule has 1 N–H and O–H groups in total. The van der Waals surface area contributed by atoms with Crippen molar-refractivity contribution in [2.75, 3.05) is 14.2 Å². The minimum atomic E-state index is -0.114. The van der Waals surface area contributed by atoms with Crippen LogP contribution in [0.2, 0.25) is 0 Å². The summed E-state index contributed by atoms with van der Waals surface area (Å²) >= 11 is 0. The van der Waals surface area contributed by atoms with Crippen LogP contribution in [0.4, 0.5) is 0 Å². The van der Waals surface area contributed by atoms with E-state index in [9.17, 15) is 4.79 Å². The van der Waals surface area contributed by atoms with Gasteiger partial charge in [0.25, 0.3) is 5.91 Å². The molecule has 1 heterocycles. The maximum atomic E-state index is 12.8. The number of ether oxygens (including phenoxy) is 2. The fraction of sp³-hybridized carbons (Fsp3) is 0.360. The van der Waals surface area contributed by atoms with Crippen molar-refractivity contribution in [1.29, 1.82) is 0 Å². The lowest BCUT2D eigenvalue weighted by atomic mass is 10.0. The van der Waals surface area contributed by atoms with E-state index < -0.39 is 0 Å². The largest absolute Gasteiger partial charge is 0.496 e. The van der Waals surface area contributed by atoms with Gasteiger partial charge in [0.2, 0.25) is 0 Å². The van der Waals surface area contributed by atoms with Crippen molar-refractivity contribution < 1.29 is 14.3 Å². The molecule has 0 aliphatic rings. The summed E-state index contributed by atoms with van der Waals surface area (Å²) in [5.74, 6) is 1.37. The third-order valence-corrected chi connectivity index (χ3v) is 5.35. The number of amides is 1. The van der Waals surface area contributed by atoms with Gasteiger partial charge in [-0.15, -0.1) is 0 Å². The van der Waals surface area contributed by atoms with Crippen LogP contribution in [0.3, 0.4) is 0 Å². The van der Waals surface area contributed by atoms with Gasteiger partial charge in [-0.1, -0.05) is 44.4 Å². The molecule has 0 unspecified atom stereocenters. The van der Waals surface area contributed by atoms with Gasteiger partial charge in [-0.05, 0) is 43.2 Å². The zero-order chi connectivity index (χ0) is 22.2. The average molecular weight is 422 g/mol. The minimum Gasteiger partial charge on any atom is -0.496 e. The predicted molar refractivity (Wildman–Crippen MR) is 123 cm³/mol. The molecule has 1 amide bonds. The first-order chi connectivity index (χ1) is 15.1. The highest BCUT2D eigenvalue weighted by Crippen LogP contribution is 2.38. The Hall–Kier alpha value is -3.28. The van der Waals surface area contributed by atoms with Crippen LogP contribution in [0, 0.1) is 0 Å². The second-order valence-electron chi connectivity index (χ2n) is 7.60. The Kier molecular flexibility index (Phi) is 7.70. The number of aromatic nitrogens is 2. The molecule has 2 aromatic carbocycles. The molecular weight excluding hydrogens is 390 g/mol. The lowest BCUT2D eigenvalue weighted by molar-refractivity contribution is 0.0931. The van der Waals surface area contributed by atoms with Crippen LogP contribution in [-0.4, -0.2) is 35.7 Å². The molecule has 0 bridgehead atoms. The van der Waals surface area contributed by atoms with Crippen molar-refractivity contribution >= 4 is 5.91 Å². The molecule has 164 valence electrons. The summed E-state index contributed by atoms with van der Waals surface area (Å²) in [5.41, 5.74) is 3.24. The highest BCUT2D eigenvalue weighted by molar-refractivity contribution is 5.93.